The summed E-state index contributed by atoms with van der Waals surface area (Å²) < 4.78 is 0. The molecule has 1 heterocycles. The maximum atomic E-state index is 12.7. The van der Waals surface area contributed by atoms with Crippen LogP contribution in [0.4, 0.5) is 5.13 Å². The highest BCUT2D eigenvalue weighted by molar-refractivity contribution is 7.15. The lowest BCUT2D eigenvalue weighted by atomic mass is 9.67. The predicted molar refractivity (Wildman–Crippen MR) is 108 cm³/mol. The van der Waals surface area contributed by atoms with Gasteiger partial charge in [-0.2, -0.15) is 0 Å². The lowest BCUT2D eigenvalue weighted by Crippen LogP contribution is -2.40. The summed E-state index contributed by atoms with van der Waals surface area (Å²) in [5, 5.41) is 4.37. The molecule has 1 amide bonds. The molecule has 2 bridgehead atoms. The summed E-state index contributed by atoms with van der Waals surface area (Å²) in [6.45, 7) is 1.99. The largest absolute Gasteiger partial charge is 0.302 e. The zero-order chi connectivity index (χ0) is 19.0. The van der Waals surface area contributed by atoms with Crippen LogP contribution in [-0.4, -0.2) is 16.7 Å². The number of fused-ring (bicyclic) bond motifs is 2. The molecule has 0 saturated heterocycles. The Balaban J connectivity index is 1.38. The van der Waals surface area contributed by atoms with Crippen LogP contribution in [0.5, 0.6) is 0 Å². The van der Waals surface area contributed by atoms with Gasteiger partial charge >= 0.3 is 0 Å². The Labute approximate surface area is 168 Å². The molecule has 1 N–H and O–H groups in total. The molecule has 0 spiro atoms. The third-order valence-corrected chi connectivity index (χ3v) is 7.14. The Morgan fingerprint density at radius 3 is 2.74 bits per heavy atom. The third kappa shape index (κ3) is 4.09. The minimum Gasteiger partial charge on any atom is -0.302 e. The third-order valence-electron chi connectivity index (χ3n) is 5.82. The molecule has 1 aromatic heterocycles. The van der Waals surface area contributed by atoms with Crippen LogP contribution >= 0.6 is 22.9 Å². The van der Waals surface area contributed by atoms with E-state index in [0.717, 1.165) is 46.7 Å². The van der Waals surface area contributed by atoms with Gasteiger partial charge in [0.25, 0.3) is 0 Å². The van der Waals surface area contributed by atoms with Gasteiger partial charge in [0.05, 0.1) is 0 Å². The normalized spacial score (nSPS) is 24.7. The molecular weight excluding hydrogens is 380 g/mol. The number of amides is 1. The maximum absolute atomic E-state index is 12.7. The molecule has 2 aliphatic carbocycles. The van der Waals surface area contributed by atoms with Crippen molar-refractivity contribution >= 4 is 39.8 Å². The molecule has 6 heteroatoms. The lowest BCUT2D eigenvalue weighted by molar-refractivity contribution is -0.136. The molecule has 2 atom stereocenters. The van der Waals surface area contributed by atoms with Gasteiger partial charge in [0.2, 0.25) is 5.91 Å². The van der Waals surface area contributed by atoms with Gasteiger partial charge in [0, 0.05) is 40.3 Å². The fraction of sp³-hybridized carbons (Fsp3) is 0.476. The van der Waals surface area contributed by atoms with Crippen LogP contribution in [0.1, 0.15) is 48.1 Å². The minimum atomic E-state index is -0.0683. The molecular formula is C21H23ClN2O2S. The van der Waals surface area contributed by atoms with E-state index in [1.54, 1.807) is 0 Å². The minimum absolute atomic E-state index is 0.0127. The smallest absolute Gasteiger partial charge is 0.229 e. The quantitative estimate of drug-likeness (QED) is 0.780. The summed E-state index contributed by atoms with van der Waals surface area (Å²) in [4.78, 5) is 30.3. The molecule has 2 unspecified atom stereocenters. The van der Waals surface area contributed by atoms with Crippen molar-refractivity contribution in [2.24, 2.45) is 17.8 Å². The molecule has 2 fully saturated rings. The van der Waals surface area contributed by atoms with Crippen molar-refractivity contribution in [1.82, 2.24) is 4.98 Å². The molecule has 4 rings (SSSR count). The molecule has 0 aliphatic heterocycles. The van der Waals surface area contributed by atoms with E-state index in [1.165, 1.54) is 11.3 Å². The number of Topliss-reactive ketones (excluding diaryl/α,β-unsaturated/α-hetero) is 1. The molecule has 0 radical (unpaired) electrons. The number of anilines is 1. The van der Waals surface area contributed by atoms with Gasteiger partial charge in [0.15, 0.2) is 5.13 Å². The summed E-state index contributed by atoms with van der Waals surface area (Å²) in [6.07, 6.45) is 6.96. The van der Waals surface area contributed by atoms with Crippen LogP contribution in [0.25, 0.3) is 0 Å². The average Bonchev–Trinajstić information content (AvgIpc) is 3.04. The van der Waals surface area contributed by atoms with E-state index >= 15 is 0 Å². The van der Waals surface area contributed by atoms with E-state index in [9.17, 15) is 9.59 Å². The van der Waals surface area contributed by atoms with Crippen LogP contribution in [0, 0.1) is 24.7 Å². The monoisotopic (exact) mass is 402 g/mol. The zero-order valence-electron chi connectivity index (χ0n) is 15.3. The number of aromatic nitrogens is 1. The zero-order valence-corrected chi connectivity index (χ0v) is 16.9. The highest BCUT2D eigenvalue weighted by atomic mass is 35.5. The number of carbonyl (C=O) groups excluding carboxylic acids is 2. The van der Waals surface area contributed by atoms with Crippen LogP contribution < -0.4 is 5.32 Å². The molecule has 2 aliphatic rings. The fourth-order valence-corrected chi connectivity index (χ4v) is 5.35. The predicted octanol–water partition coefficient (Wildman–Crippen LogP) is 5.03. The molecule has 142 valence electrons. The van der Waals surface area contributed by atoms with Gasteiger partial charge in [-0.15, -0.1) is 11.3 Å². The Bertz CT molecular complexity index is 863. The number of carbonyl (C=O) groups is 2. The van der Waals surface area contributed by atoms with Crippen LogP contribution in [0.15, 0.2) is 24.4 Å². The number of hydrogen-bond donors (Lipinski definition) is 1. The van der Waals surface area contributed by atoms with Crippen molar-refractivity contribution in [1.29, 1.82) is 0 Å². The summed E-state index contributed by atoms with van der Waals surface area (Å²) in [5.74, 6) is 0.510. The highest BCUT2D eigenvalue weighted by Gasteiger charge is 2.41. The van der Waals surface area contributed by atoms with Gasteiger partial charge in [-0.3, -0.25) is 9.59 Å². The summed E-state index contributed by atoms with van der Waals surface area (Å²) in [7, 11) is 0. The molecule has 2 saturated carbocycles. The van der Waals surface area contributed by atoms with Crippen molar-refractivity contribution in [2.75, 3.05) is 5.32 Å². The first-order valence-electron chi connectivity index (χ1n) is 9.54. The first kappa shape index (κ1) is 18.6. The summed E-state index contributed by atoms with van der Waals surface area (Å²) in [6, 6.07) is 6.06. The topological polar surface area (TPSA) is 59.1 Å². The van der Waals surface area contributed by atoms with Crippen molar-refractivity contribution in [3.05, 3.63) is 45.4 Å². The van der Waals surface area contributed by atoms with Crippen LogP contribution in [-0.2, 0) is 16.0 Å². The second-order valence-corrected chi connectivity index (χ2v) is 9.30. The fourth-order valence-electron chi connectivity index (χ4n) is 4.30. The van der Waals surface area contributed by atoms with Gasteiger partial charge in [0.1, 0.15) is 5.78 Å². The maximum Gasteiger partial charge on any atom is 0.229 e. The lowest BCUT2D eigenvalue weighted by Gasteiger charge is -2.36. The van der Waals surface area contributed by atoms with E-state index in [-0.39, 0.29) is 23.7 Å². The number of nitrogens with one attached hydrogen (secondary N) is 1. The molecule has 4 nitrogen and oxygen atoms in total. The summed E-state index contributed by atoms with van der Waals surface area (Å²) >= 11 is 7.70. The Hall–Kier alpha value is -1.72. The first-order valence-corrected chi connectivity index (χ1v) is 10.7. The number of nitrogens with zero attached hydrogens (tertiary/aromatic N) is 1. The van der Waals surface area contributed by atoms with Crippen molar-refractivity contribution in [3.63, 3.8) is 0 Å². The second-order valence-electron chi connectivity index (χ2n) is 7.78. The van der Waals surface area contributed by atoms with Crippen LogP contribution in [0.3, 0.4) is 0 Å². The van der Waals surface area contributed by atoms with Crippen molar-refractivity contribution < 1.29 is 9.59 Å². The van der Waals surface area contributed by atoms with Gasteiger partial charge in [-0.05, 0) is 49.8 Å². The van der Waals surface area contributed by atoms with E-state index in [0.29, 0.717) is 23.8 Å². The SMILES string of the molecule is Cc1ccc(Cc2cnc(NC(=O)C3CC4CCCC(C3)C4=O)s2)cc1Cl. The van der Waals surface area contributed by atoms with Crippen molar-refractivity contribution in [2.45, 2.75) is 45.4 Å². The standard InChI is InChI=1S/C21H23ClN2O2S/c1-12-5-6-13(8-18(12)22)7-17-11-23-21(27-17)24-20(26)16-9-14-3-2-4-15(10-16)19(14)25/h5-6,8,11,14-16H,2-4,7,9-10H2,1H3,(H,23,24,26). The average molecular weight is 403 g/mol. The molecule has 2 aromatic rings. The van der Waals surface area contributed by atoms with E-state index in [2.05, 4.69) is 16.4 Å². The number of ketones is 1. The van der Waals surface area contributed by atoms with Gasteiger partial charge in [-0.1, -0.05) is 30.2 Å². The van der Waals surface area contributed by atoms with Gasteiger partial charge in [-0.25, -0.2) is 4.98 Å². The summed E-state index contributed by atoms with van der Waals surface area (Å²) in [5.41, 5.74) is 2.19. The Morgan fingerprint density at radius 2 is 2.04 bits per heavy atom. The van der Waals surface area contributed by atoms with E-state index in [4.69, 9.17) is 11.6 Å². The number of halogens is 1. The van der Waals surface area contributed by atoms with E-state index < -0.39 is 0 Å². The van der Waals surface area contributed by atoms with Crippen LogP contribution in [0.2, 0.25) is 5.02 Å². The van der Waals surface area contributed by atoms with Crippen molar-refractivity contribution in [3.8, 4) is 0 Å². The number of benzene rings is 1. The molecule has 1 aromatic carbocycles. The number of rotatable bonds is 4. The Morgan fingerprint density at radius 1 is 1.30 bits per heavy atom. The molecule has 27 heavy (non-hydrogen) atoms. The Kier molecular flexibility index (Phi) is 5.33. The highest BCUT2D eigenvalue weighted by Crippen LogP contribution is 2.40. The first-order chi connectivity index (χ1) is 13.0. The number of aryl methyl sites for hydroxylation is 1. The second kappa shape index (κ2) is 7.72. The number of thiazole rings is 1. The number of hydrogen-bond acceptors (Lipinski definition) is 4. The van der Waals surface area contributed by atoms with Gasteiger partial charge < -0.3 is 5.32 Å². The van der Waals surface area contributed by atoms with E-state index in [1.807, 2.05) is 25.3 Å².